The van der Waals surface area contributed by atoms with Crippen LogP contribution in [0.2, 0.25) is 0 Å². The number of thiophene rings is 1. The van der Waals surface area contributed by atoms with Crippen molar-refractivity contribution < 1.29 is 5.11 Å². The summed E-state index contributed by atoms with van der Waals surface area (Å²) in [7, 11) is 0. The van der Waals surface area contributed by atoms with E-state index in [2.05, 4.69) is 31.4 Å². The lowest BCUT2D eigenvalue weighted by molar-refractivity contribution is 0.0705. The molecule has 2 atom stereocenters. The Kier molecular flexibility index (Phi) is 2.50. The molecule has 1 N–H and O–H groups in total. The summed E-state index contributed by atoms with van der Waals surface area (Å²) >= 11 is 1.65. The third-order valence-electron chi connectivity index (χ3n) is 2.94. The van der Waals surface area contributed by atoms with Crippen LogP contribution in [-0.4, -0.2) is 5.11 Å². The largest absolute Gasteiger partial charge is 0.380 e. The molecule has 0 spiro atoms. The summed E-state index contributed by atoms with van der Waals surface area (Å²) in [6, 6.07) is 2.07. The van der Waals surface area contributed by atoms with Gasteiger partial charge in [0.15, 0.2) is 0 Å². The number of aryl methyl sites for hydroxylation is 1. The number of hydrogen-bond donors (Lipinski definition) is 1. The van der Waals surface area contributed by atoms with Crippen LogP contribution in [-0.2, 0) is 5.60 Å². The third kappa shape index (κ3) is 1.64. The minimum absolute atomic E-state index is 0.607. The Balaban J connectivity index is 2.34. The van der Waals surface area contributed by atoms with Crippen LogP contribution < -0.4 is 0 Å². The molecular weight excluding hydrogens is 192 g/mol. The van der Waals surface area contributed by atoms with Crippen molar-refractivity contribution in [3.63, 3.8) is 0 Å². The van der Waals surface area contributed by atoms with Crippen LogP contribution in [0.4, 0.5) is 0 Å². The molecule has 0 saturated heterocycles. The Morgan fingerprint density at radius 2 is 2.36 bits per heavy atom. The van der Waals surface area contributed by atoms with Gasteiger partial charge >= 0.3 is 0 Å². The maximum atomic E-state index is 10.5. The summed E-state index contributed by atoms with van der Waals surface area (Å²) < 4.78 is 0. The normalized spacial score (nSPS) is 32.1. The van der Waals surface area contributed by atoms with Gasteiger partial charge in [-0.15, -0.1) is 11.3 Å². The zero-order chi connectivity index (χ0) is 10.2. The molecule has 0 saturated carbocycles. The second-order valence-electron chi connectivity index (χ2n) is 4.23. The zero-order valence-corrected chi connectivity index (χ0v) is 9.47. The van der Waals surface area contributed by atoms with E-state index < -0.39 is 5.60 Å². The first-order chi connectivity index (χ1) is 6.62. The molecule has 1 heterocycles. The van der Waals surface area contributed by atoms with Crippen molar-refractivity contribution in [1.82, 2.24) is 0 Å². The highest BCUT2D eigenvalue weighted by Crippen LogP contribution is 2.38. The lowest BCUT2D eigenvalue weighted by Gasteiger charge is -2.29. The Bertz CT molecular complexity index is 353. The van der Waals surface area contributed by atoms with Gasteiger partial charge in [0.1, 0.15) is 5.60 Å². The van der Waals surface area contributed by atoms with Crippen molar-refractivity contribution in [3.8, 4) is 0 Å². The van der Waals surface area contributed by atoms with E-state index in [0.29, 0.717) is 5.92 Å². The highest BCUT2D eigenvalue weighted by Gasteiger charge is 2.31. The molecule has 76 valence electrons. The topological polar surface area (TPSA) is 20.2 Å². The minimum atomic E-state index is -0.690. The average molecular weight is 208 g/mol. The predicted molar refractivity (Wildman–Crippen MR) is 60.5 cm³/mol. The Morgan fingerprint density at radius 1 is 1.57 bits per heavy atom. The lowest BCUT2D eigenvalue weighted by Crippen LogP contribution is -2.26. The van der Waals surface area contributed by atoms with Gasteiger partial charge in [0.05, 0.1) is 0 Å². The van der Waals surface area contributed by atoms with Crippen molar-refractivity contribution >= 4 is 11.3 Å². The van der Waals surface area contributed by atoms with E-state index in [0.717, 1.165) is 17.7 Å². The summed E-state index contributed by atoms with van der Waals surface area (Å²) in [6.07, 6.45) is 6.03. The van der Waals surface area contributed by atoms with Gasteiger partial charge < -0.3 is 5.11 Å². The van der Waals surface area contributed by atoms with Gasteiger partial charge in [0, 0.05) is 4.88 Å². The molecule has 0 amide bonds. The second kappa shape index (κ2) is 3.52. The van der Waals surface area contributed by atoms with E-state index in [1.165, 1.54) is 5.56 Å². The molecule has 0 bridgehead atoms. The van der Waals surface area contributed by atoms with Crippen LogP contribution in [0, 0.1) is 12.8 Å². The molecule has 2 rings (SSSR count). The van der Waals surface area contributed by atoms with E-state index in [4.69, 9.17) is 0 Å². The number of rotatable bonds is 1. The van der Waals surface area contributed by atoms with Crippen molar-refractivity contribution in [2.75, 3.05) is 0 Å². The fraction of sp³-hybridized carbons (Fsp3) is 0.500. The van der Waals surface area contributed by atoms with Gasteiger partial charge in [-0.3, -0.25) is 0 Å². The SMILES string of the molecule is Cc1ccsc1C1(O)C=CC(C)CC1. The minimum Gasteiger partial charge on any atom is -0.380 e. The Labute approximate surface area is 89.1 Å². The van der Waals surface area contributed by atoms with Gasteiger partial charge in [-0.2, -0.15) is 0 Å². The highest BCUT2D eigenvalue weighted by molar-refractivity contribution is 7.10. The first kappa shape index (κ1) is 9.94. The molecule has 1 aliphatic carbocycles. The fourth-order valence-corrected chi connectivity index (χ4v) is 2.99. The smallest absolute Gasteiger partial charge is 0.117 e. The number of aliphatic hydroxyl groups is 1. The maximum Gasteiger partial charge on any atom is 0.117 e. The maximum absolute atomic E-state index is 10.5. The van der Waals surface area contributed by atoms with Crippen molar-refractivity contribution in [2.24, 2.45) is 5.92 Å². The molecule has 1 aromatic heterocycles. The van der Waals surface area contributed by atoms with Crippen LogP contribution in [0.1, 0.15) is 30.2 Å². The molecule has 2 unspecified atom stereocenters. The molecule has 2 heteroatoms. The summed E-state index contributed by atoms with van der Waals surface area (Å²) in [5.41, 5.74) is 0.516. The number of hydrogen-bond acceptors (Lipinski definition) is 2. The van der Waals surface area contributed by atoms with Crippen LogP contribution in [0.15, 0.2) is 23.6 Å². The molecule has 1 aromatic rings. The first-order valence-electron chi connectivity index (χ1n) is 5.08. The average Bonchev–Trinajstić information content (AvgIpc) is 2.58. The standard InChI is InChI=1S/C12H16OS/c1-9-3-6-12(13,7-4-9)11-10(2)5-8-14-11/h3,5-6,8-9,13H,4,7H2,1-2H3. The molecule has 1 nitrogen and oxygen atoms in total. The zero-order valence-electron chi connectivity index (χ0n) is 8.66. The van der Waals surface area contributed by atoms with Crippen LogP contribution in [0.3, 0.4) is 0 Å². The Hall–Kier alpha value is -0.600. The van der Waals surface area contributed by atoms with Crippen molar-refractivity contribution in [3.05, 3.63) is 34.0 Å². The van der Waals surface area contributed by atoms with E-state index in [9.17, 15) is 5.11 Å². The molecule has 1 aliphatic rings. The van der Waals surface area contributed by atoms with E-state index >= 15 is 0 Å². The molecule has 0 radical (unpaired) electrons. The van der Waals surface area contributed by atoms with Crippen LogP contribution in [0.25, 0.3) is 0 Å². The first-order valence-corrected chi connectivity index (χ1v) is 5.96. The monoisotopic (exact) mass is 208 g/mol. The van der Waals surface area contributed by atoms with Crippen molar-refractivity contribution in [1.29, 1.82) is 0 Å². The van der Waals surface area contributed by atoms with Crippen LogP contribution in [0.5, 0.6) is 0 Å². The summed E-state index contributed by atoms with van der Waals surface area (Å²) in [6.45, 7) is 4.26. The second-order valence-corrected chi connectivity index (χ2v) is 5.15. The molecular formula is C12H16OS. The van der Waals surface area contributed by atoms with E-state index in [1.807, 2.05) is 6.08 Å². The Morgan fingerprint density at radius 3 is 2.86 bits per heavy atom. The summed E-state index contributed by atoms with van der Waals surface area (Å²) in [4.78, 5) is 1.11. The number of allylic oxidation sites excluding steroid dienone is 1. The van der Waals surface area contributed by atoms with E-state index in [-0.39, 0.29) is 0 Å². The van der Waals surface area contributed by atoms with Gasteiger partial charge in [0.2, 0.25) is 0 Å². The molecule has 14 heavy (non-hydrogen) atoms. The van der Waals surface area contributed by atoms with Gasteiger partial charge in [0.25, 0.3) is 0 Å². The quantitative estimate of drug-likeness (QED) is 0.702. The van der Waals surface area contributed by atoms with Crippen LogP contribution >= 0.6 is 11.3 Å². The lowest BCUT2D eigenvalue weighted by atomic mass is 9.84. The predicted octanol–water partition coefficient (Wildman–Crippen LogP) is 3.23. The van der Waals surface area contributed by atoms with E-state index in [1.54, 1.807) is 11.3 Å². The summed E-state index contributed by atoms with van der Waals surface area (Å²) in [5.74, 6) is 0.607. The van der Waals surface area contributed by atoms with Crippen molar-refractivity contribution in [2.45, 2.75) is 32.3 Å². The third-order valence-corrected chi connectivity index (χ3v) is 4.12. The fourth-order valence-electron chi connectivity index (χ4n) is 1.96. The molecule has 0 fully saturated rings. The summed E-state index contributed by atoms with van der Waals surface area (Å²) in [5, 5.41) is 12.5. The molecule has 0 aromatic carbocycles. The van der Waals surface area contributed by atoms with Gasteiger partial charge in [-0.25, -0.2) is 0 Å². The van der Waals surface area contributed by atoms with Gasteiger partial charge in [-0.05, 0) is 42.7 Å². The molecule has 0 aliphatic heterocycles. The van der Waals surface area contributed by atoms with Gasteiger partial charge in [-0.1, -0.05) is 19.1 Å². The highest BCUT2D eigenvalue weighted by atomic mass is 32.1.